The van der Waals surface area contributed by atoms with Crippen LogP contribution in [0.5, 0.6) is 0 Å². The zero-order chi connectivity index (χ0) is 22.4. The van der Waals surface area contributed by atoms with Gasteiger partial charge in [0.2, 0.25) is 11.8 Å². The maximum Gasteiger partial charge on any atom is 0.349 e. The third-order valence-corrected chi connectivity index (χ3v) is 6.86. The number of carbonyl (C=O) groups excluding carboxylic acids is 3. The van der Waals surface area contributed by atoms with Crippen molar-refractivity contribution in [3.05, 3.63) is 75.7 Å². The van der Waals surface area contributed by atoms with Crippen LogP contribution in [0.25, 0.3) is 4.96 Å². The minimum Gasteiger partial charge on any atom is -0.462 e. The molecule has 162 valence electrons. The Morgan fingerprint density at radius 1 is 1.19 bits per heavy atom. The van der Waals surface area contributed by atoms with Crippen molar-refractivity contribution < 1.29 is 19.1 Å². The largest absolute Gasteiger partial charge is 0.462 e. The van der Waals surface area contributed by atoms with E-state index in [9.17, 15) is 19.2 Å². The number of esters is 1. The molecule has 32 heavy (non-hydrogen) atoms. The summed E-state index contributed by atoms with van der Waals surface area (Å²) >= 11 is 1.06. The van der Waals surface area contributed by atoms with Crippen LogP contribution in [0.3, 0.4) is 0 Å². The predicted octanol–water partition coefficient (Wildman–Crippen LogP) is 2.78. The van der Waals surface area contributed by atoms with Gasteiger partial charge in [0.25, 0.3) is 5.56 Å². The van der Waals surface area contributed by atoms with Crippen LogP contribution in [0, 0.1) is 11.8 Å². The van der Waals surface area contributed by atoms with Crippen molar-refractivity contribution in [1.29, 1.82) is 0 Å². The minimum atomic E-state index is -0.677. The third-order valence-electron chi connectivity index (χ3n) is 5.88. The first kappa shape index (κ1) is 20.3. The standard InChI is InChI=1S/C23H19N3O5S/c1-2-31-22(30)17-12-25-19(27)16(11-24-23(25)32-17)14-9-6-10-15-18(14)21(29)26(20(15)28)13-7-4-3-5-8-13/h3-9,11-12,14-15,18H,2,10H2,1H3/t14-,15-,18+/m1/s1. The molecule has 3 atom stereocenters. The lowest BCUT2D eigenvalue weighted by Gasteiger charge is -2.25. The minimum absolute atomic E-state index is 0.227. The van der Waals surface area contributed by atoms with Gasteiger partial charge in [0, 0.05) is 23.9 Å². The van der Waals surface area contributed by atoms with Gasteiger partial charge in [-0.3, -0.25) is 23.7 Å². The van der Waals surface area contributed by atoms with Crippen LogP contribution in [0.4, 0.5) is 5.69 Å². The summed E-state index contributed by atoms with van der Waals surface area (Å²) < 4.78 is 6.32. The highest BCUT2D eigenvalue weighted by molar-refractivity contribution is 7.18. The Balaban J connectivity index is 1.55. The van der Waals surface area contributed by atoms with Gasteiger partial charge in [0.15, 0.2) is 4.96 Å². The number of hydrogen-bond donors (Lipinski definition) is 0. The van der Waals surface area contributed by atoms with Gasteiger partial charge in [0.05, 0.1) is 24.1 Å². The van der Waals surface area contributed by atoms with Gasteiger partial charge in [-0.15, -0.1) is 0 Å². The molecule has 0 spiro atoms. The SMILES string of the molecule is CCOC(=O)c1cn2c(=O)c([C@H]3C=CC[C@H]4C(=O)N(c5ccccc5)C(=O)[C@@H]34)cnc2s1. The highest BCUT2D eigenvalue weighted by Gasteiger charge is 2.52. The molecule has 1 aliphatic carbocycles. The highest BCUT2D eigenvalue weighted by Crippen LogP contribution is 2.44. The van der Waals surface area contributed by atoms with Gasteiger partial charge < -0.3 is 4.74 Å². The van der Waals surface area contributed by atoms with E-state index < -0.39 is 23.7 Å². The quantitative estimate of drug-likeness (QED) is 0.345. The Bertz CT molecular complexity index is 1330. The molecule has 3 aromatic rings. The lowest BCUT2D eigenvalue weighted by molar-refractivity contribution is -0.122. The summed E-state index contributed by atoms with van der Waals surface area (Å²) in [5, 5.41) is 0. The molecule has 2 aliphatic rings. The predicted molar refractivity (Wildman–Crippen MR) is 118 cm³/mol. The number of carbonyl (C=O) groups is 3. The van der Waals surface area contributed by atoms with E-state index in [4.69, 9.17) is 4.74 Å². The summed E-state index contributed by atoms with van der Waals surface area (Å²) in [7, 11) is 0. The van der Waals surface area contributed by atoms with E-state index in [0.29, 0.717) is 22.6 Å². The van der Waals surface area contributed by atoms with Crippen molar-refractivity contribution in [1.82, 2.24) is 9.38 Å². The number of thiazole rings is 1. The van der Waals surface area contributed by atoms with Crippen LogP contribution < -0.4 is 10.5 Å². The van der Waals surface area contributed by atoms with Gasteiger partial charge in [-0.05, 0) is 25.5 Å². The van der Waals surface area contributed by atoms with Gasteiger partial charge in [-0.1, -0.05) is 41.7 Å². The first-order valence-electron chi connectivity index (χ1n) is 10.3. The van der Waals surface area contributed by atoms with Crippen molar-refractivity contribution in [2.75, 3.05) is 11.5 Å². The van der Waals surface area contributed by atoms with E-state index in [-0.39, 0.29) is 28.9 Å². The molecular weight excluding hydrogens is 430 g/mol. The molecule has 0 saturated carbocycles. The van der Waals surface area contributed by atoms with Gasteiger partial charge in [-0.2, -0.15) is 0 Å². The average Bonchev–Trinajstić information content (AvgIpc) is 3.35. The first-order valence-corrected chi connectivity index (χ1v) is 11.1. The van der Waals surface area contributed by atoms with Crippen LogP contribution in [0.1, 0.15) is 34.5 Å². The van der Waals surface area contributed by atoms with Crippen LogP contribution >= 0.6 is 11.3 Å². The molecule has 0 unspecified atom stereocenters. The molecule has 9 heteroatoms. The number of amides is 2. The van der Waals surface area contributed by atoms with E-state index in [1.165, 1.54) is 21.7 Å². The number of ether oxygens (including phenoxy) is 1. The molecule has 3 heterocycles. The Morgan fingerprint density at radius 2 is 1.97 bits per heavy atom. The molecule has 1 aliphatic heterocycles. The number of rotatable bonds is 4. The fraction of sp³-hybridized carbons (Fsp3) is 0.261. The molecule has 0 bridgehead atoms. The number of hydrogen-bond acceptors (Lipinski definition) is 7. The lowest BCUT2D eigenvalue weighted by Crippen LogP contribution is -2.33. The monoisotopic (exact) mass is 449 g/mol. The summed E-state index contributed by atoms with van der Waals surface area (Å²) in [5.74, 6) is -2.88. The van der Waals surface area contributed by atoms with Crippen molar-refractivity contribution in [2.24, 2.45) is 11.8 Å². The molecule has 0 N–H and O–H groups in total. The Hall–Kier alpha value is -3.59. The topological polar surface area (TPSA) is 98.0 Å². The Labute approximate surface area is 186 Å². The zero-order valence-corrected chi connectivity index (χ0v) is 18.0. The number of benzene rings is 1. The van der Waals surface area contributed by atoms with Crippen LogP contribution in [-0.2, 0) is 14.3 Å². The average molecular weight is 449 g/mol. The van der Waals surface area contributed by atoms with Crippen LogP contribution in [-0.4, -0.2) is 33.8 Å². The second-order valence-electron chi connectivity index (χ2n) is 7.66. The van der Waals surface area contributed by atoms with Crippen molar-refractivity contribution >= 4 is 39.8 Å². The van der Waals surface area contributed by atoms with Gasteiger partial charge in [-0.25, -0.2) is 9.78 Å². The maximum atomic E-state index is 13.4. The maximum absolute atomic E-state index is 13.4. The Kier molecular flexibility index (Phi) is 4.97. The zero-order valence-electron chi connectivity index (χ0n) is 17.1. The number of imide groups is 1. The number of allylic oxidation sites excluding steroid dienone is 2. The fourth-order valence-corrected chi connectivity index (χ4v) is 5.28. The van der Waals surface area contributed by atoms with E-state index in [2.05, 4.69) is 4.98 Å². The van der Waals surface area contributed by atoms with Crippen molar-refractivity contribution in [3.8, 4) is 0 Å². The van der Waals surface area contributed by atoms with Crippen molar-refractivity contribution in [2.45, 2.75) is 19.3 Å². The fourth-order valence-electron chi connectivity index (χ4n) is 4.45. The number of nitrogens with zero attached hydrogens (tertiary/aromatic N) is 3. The molecule has 8 nitrogen and oxygen atoms in total. The summed E-state index contributed by atoms with van der Waals surface area (Å²) in [6.45, 7) is 1.93. The molecule has 0 radical (unpaired) electrons. The molecular formula is C23H19N3O5S. The molecule has 1 saturated heterocycles. The first-order chi connectivity index (χ1) is 15.5. The molecule has 5 rings (SSSR count). The number of aromatic nitrogens is 2. The summed E-state index contributed by atoms with van der Waals surface area (Å²) in [4.78, 5) is 58.0. The van der Waals surface area contributed by atoms with E-state index >= 15 is 0 Å². The second kappa shape index (κ2) is 7.83. The van der Waals surface area contributed by atoms with E-state index in [0.717, 1.165) is 11.3 Å². The Morgan fingerprint density at radius 3 is 2.72 bits per heavy atom. The summed E-state index contributed by atoms with van der Waals surface area (Å²) in [6.07, 6.45) is 6.96. The lowest BCUT2D eigenvalue weighted by atomic mass is 9.75. The summed E-state index contributed by atoms with van der Waals surface area (Å²) in [5.41, 5.74) is 0.478. The normalized spacial score (nSPS) is 22.4. The molecule has 1 fully saturated rings. The van der Waals surface area contributed by atoms with E-state index in [1.54, 1.807) is 31.2 Å². The molecule has 1 aromatic carbocycles. The summed E-state index contributed by atoms with van der Waals surface area (Å²) in [6, 6.07) is 8.81. The smallest absolute Gasteiger partial charge is 0.349 e. The van der Waals surface area contributed by atoms with Crippen LogP contribution in [0.15, 0.2) is 59.7 Å². The molecule has 2 amide bonds. The van der Waals surface area contributed by atoms with Crippen LogP contribution in [0.2, 0.25) is 0 Å². The highest BCUT2D eigenvalue weighted by atomic mass is 32.1. The third kappa shape index (κ3) is 3.08. The van der Waals surface area contributed by atoms with Gasteiger partial charge in [0.1, 0.15) is 4.88 Å². The number of fused-ring (bicyclic) bond motifs is 2. The second-order valence-corrected chi connectivity index (χ2v) is 8.67. The van der Waals surface area contributed by atoms with E-state index in [1.807, 2.05) is 18.2 Å². The van der Waals surface area contributed by atoms with Gasteiger partial charge >= 0.3 is 5.97 Å². The number of para-hydroxylation sites is 1. The van der Waals surface area contributed by atoms with Crippen molar-refractivity contribution in [3.63, 3.8) is 0 Å². The molecule has 2 aromatic heterocycles. The number of anilines is 1.